The number of hydrogen-bond donors (Lipinski definition) is 3. The number of carboxylic acid groups (broad SMARTS) is 1. The Labute approximate surface area is 130 Å². The number of rotatable bonds is 4. The van der Waals surface area contributed by atoms with Crippen LogP contribution in [-0.4, -0.2) is 37.4 Å². The van der Waals surface area contributed by atoms with Gasteiger partial charge in [-0.2, -0.15) is 0 Å². The second-order valence-corrected chi connectivity index (χ2v) is 5.16. The summed E-state index contributed by atoms with van der Waals surface area (Å²) in [6, 6.07) is 9.31. The molecule has 0 radical (unpaired) electrons. The summed E-state index contributed by atoms with van der Waals surface area (Å²) in [5.41, 5.74) is 1.64. The molecule has 3 rings (SSSR count). The van der Waals surface area contributed by atoms with Crippen molar-refractivity contribution in [2.45, 2.75) is 13.3 Å². The van der Waals surface area contributed by atoms with Crippen LogP contribution < -0.4 is 5.56 Å². The Bertz CT molecular complexity index is 941. The van der Waals surface area contributed by atoms with Crippen LogP contribution in [0.1, 0.15) is 21.7 Å². The van der Waals surface area contributed by atoms with E-state index in [0.29, 0.717) is 11.3 Å². The molecule has 7 nitrogen and oxygen atoms in total. The van der Waals surface area contributed by atoms with Gasteiger partial charge < -0.3 is 10.2 Å². The summed E-state index contributed by atoms with van der Waals surface area (Å²) in [5.74, 6) is -1.29. The van der Waals surface area contributed by atoms with Crippen molar-refractivity contribution in [1.82, 2.24) is 14.6 Å². The molecule has 0 aliphatic heterocycles. The second kappa shape index (κ2) is 5.69. The highest BCUT2D eigenvalue weighted by molar-refractivity contribution is 5.89. The van der Waals surface area contributed by atoms with Crippen molar-refractivity contribution in [3.63, 3.8) is 0 Å². The fourth-order valence-corrected chi connectivity index (χ4v) is 2.68. The summed E-state index contributed by atoms with van der Waals surface area (Å²) >= 11 is 0. The molecule has 3 N–H and O–H groups in total. The lowest BCUT2D eigenvalue weighted by atomic mass is 10.1. The Morgan fingerprint density at radius 2 is 2.00 bits per heavy atom. The lowest BCUT2D eigenvalue weighted by molar-refractivity contribution is 0.0689. The maximum atomic E-state index is 12.6. The number of benzene rings is 1. The van der Waals surface area contributed by atoms with E-state index in [1.807, 2.05) is 30.3 Å². The molecule has 0 fully saturated rings. The van der Waals surface area contributed by atoms with Crippen LogP contribution in [0.2, 0.25) is 0 Å². The highest BCUT2D eigenvalue weighted by Crippen LogP contribution is 2.26. The fraction of sp³-hybridized carbons (Fsp3) is 0.188. The Morgan fingerprint density at radius 3 is 2.61 bits per heavy atom. The molecule has 0 aliphatic rings. The number of H-pyrrole nitrogens is 1. The van der Waals surface area contributed by atoms with Crippen LogP contribution in [0.25, 0.3) is 16.8 Å². The number of aromatic carboxylic acids is 1. The number of hydrogen-bond acceptors (Lipinski definition) is 4. The number of aliphatic hydroxyl groups is 1. The number of nitrogens with zero attached hydrogens (tertiary/aromatic N) is 2. The van der Waals surface area contributed by atoms with E-state index in [1.165, 1.54) is 4.52 Å². The highest BCUT2D eigenvalue weighted by Gasteiger charge is 2.22. The standard InChI is InChI=1S/C16H15N3O4/c1-9-12(10-5-3-2-4-6-10)14-17-13(16(22)23)11(7-8-20)15(21)19(14)18-9/h2-6,18,20H,7-8H2,1H3,(H,22,23). The van der Waals surface area contributed by atoms with Gasteiger partial charge in [0.25, 0.3) is 5.56 Å². The maximum absolute atomic E-state index is 12.6. The Morgan fingerprint density at radius 1 is 1.30 bits per heavy atom. The Hall–Kier alpha value is -2.93. The Balaban J connectivity index is 2.40. The van der Waals surface area contributed by atoms with E-state index < -0.39 is 11.5 Å². The summed E-state index contributed by atoms with van der Waals surface area (Å²) in [6.07, 6.45) is -0.0604. The predicted molar refractivity (Wildman–Crippen MR) is 83.7 cm³/mol. The van der Waals surface area contributed by atoms with Gasteiger partial charge in [-0.3, -0.25) is 9.89 Å². The number of aryl methyl sites for hydroxylation is 1. The van der Waals surface area contributed by atoms with E-state index >= 15 is 0 Å². The molecule has 0 atom stereocenters. The summed E-state index contributed by atoms with van der Waals surface area (Å²) in [5, 5.41) is 21.3. The van der Waals surface area contributed by atoms with Crippen LogP contribution in [0.15, 0.2) is 35.1 Å². The minimum absolute atomic E-state index is 0.0154. The van der Waals surface area contributed by atoms with E-state index in [-0.39, 0.29) is 29.9 Å². The van der Waals surface area contributed by atoms with Crippen molar-refractivity contribution < 1.29 is 15.0 Å². The Kier molecular flexibility index (Phi) is 3.71. The molecule has 0 bridgehead atoms. The summed E-state index contributed by atoms with van der Waals surface area (Å²) in [6.45, 7) is 1.47. The molecule has 0 aliphatic carbocycles. The number of nitrogens with one attached hydrogen (secondary N) is 1. The molecule has 7 heteroatoms. The molecule has 0 amide bonds. The molecule has 0 saturated carbocycles. The topological polar surface area (TPSA) is 108 Å². The molecule has 1 aromatic carbocycles. The number of carbonyl (C=O) groups is 1. The number of aromatic nitrogens is 3. The molecule has 2 aromatic heterocycles. The second-order valence-electron chi connectivity index (χ2n) is 5.16. The first-order chi connectivity index (χ1) is 11.0. The van der Waals surface area contributed by atoms with E-state index in [1.54, 1.807) is 6.92 Å². The number of aliphatic hydroxyl groups excluding tert-OH is 1. The third-order valence-electron chi connectivity index (χ3n) is 3.68. The third-order valence-corrected chi connectivity index (χ3v) is 3.68. The van der Waals surface area contributed by atoms with Gasteiger partial charge >= 0.3 is 5.97 Å². The van der Waals surface area contributed by atoms with Gasteiger partial charge in [-0.05, 0) is 12.5 Å². The highest BCUT2D eigenvalue weighted by atomic mass is 16.4. The van der Waals surface area contributed by atoms with Gasteiger partial charge in [0.05, 0.1) is 5.56 Å². The van der Waals surface area contributed by atoms with Crippen molar-refractivity contribution in [1.29, 1.82) is 0 Å². The zero-order valence-corrected chi connectivity index (χ0v) is 12.4. The number of carboxylic acids is 1. The van der Waals surface area contributed by atoms with E-state index in [2.05, 4.69) is 10.1 Å². The predicted octanol–water partition coefficient (Wildman–Crippen LogP) is 1.23. The normalized spacial score (nSPS) is 11.0. The van der Waals surface area contributed by atoms with Gasteiger partial charge in [-0.1, -0.05) is 30.3 Å². The first-order valence-electron chi connectivity index (χ1n) is 7.08. The summed E-state index contributed by atoms with van der Waals surface area (Å²) in [7, 11) is 0. The molecular weight excluding hydrogens is 298 g/mol. The van der Waals surface area contributed by atoms with E-state index in [9.17, 15) is 14.7 Å². The fourth-order valence-electron chi connectivity index (χ4n) is 2.68. The van der Waals surface area contributed by atoms with Gasteiger partial charge in [-0.25, -0.2) is 14.3 Å². The van der Waals surface area contributed by atoms with Crippen molar-refractivity contribution in [3.8, 4) is 11.1 Å². The smallest absolute Gasteiger partial charge is 0.355 e. The minimum atomic E-state index is -1.29. The molecule has 0 unspecified atom stereocenters. The zero-order chi connectivity index (χ0) is 16.6. The number of aromatic amines is 1. The van der Waals surface area contributed by atoms with Gasteiger partial charge in [0.2, 0.25) is 0 Å². The van der Waals surface area contributed by atoms with Crippen LogP contribution in [-0.2, 0) is 6.42 Å². The quantitative estimate of drug-likeness (QED) is 0.671. The summed E-state index contributed by atoms with van der Waals surface area (Å²) < 4.78 is 1.23. The molecular formula is C16H15N3O4. The van der Waals surface area contributed by atoms with Crippen LogP contribution in [0, 0.1) is 6.92 Å². The molecule has 2 heterocycles. The van der Waals surface area contributed by atoms with Crippen LogP contribution in [0.5, 0.6) is 0 Å². The van der Waals surface area contributed by atoms with Crippen molar-refractivity contribution in [2.24, 2.45) is 0 Å². The average molecular weight is 313 g/mol. The first-order valence-corrected chi connectivity index (χ1v) is 7.08. The van der Waals surface area contributed by atoms with Crippen LogP contribution in [0.3, 0.4) is 0 Å². The van der Waals surface area contributed by atoms with Gasteiger partial charge in [0.15, 0.2) is 11.3 Å². The van der Waals surface area contributed by atoms with Crippen molar-refractivity contribution >= 4 is 11.6 Å². The first kappa shape index (κ1) is 15.0. The zero-order valence-electron chi connectivity index (χ0n) is 12.4. The van der Waals surface area contributed by atoms with E-state index in [0.717, 1.165) is 5.56 Å². The minimum Gasteiger partial charge on any atom is -0.476 e. The third kappa shape index (κ3) is 2.40. The largest absolute Gasteiger partial charge is 0.476 e. The molecule has 3 aromatic rings. The molecule has 0 saturated heterocycles. The van der Waals surface area contributed by atoms with Crippen LogP contribution >= 0.6 is 0 Å². The van der Waals surface area contributed by atoms with Crippen molar-refractivity contribution in [3.05, 3.63) is 57.6 Å². The maximum Gasteiger partial charge on any atom is 0.355 e. The van der Waals surface area contributed by atoms with Crippen LogP contribution in [0.4, 0.5) is 0 Å². The average Bonchev–Trinajstić information content (AvgIpc) is 2.87. The molecule has 0 spiro atoms. The monoisotopic (exact) mass is 313 g/mol. The van der Waals surface area contributed by atoms with Gasteiger partial charge in [0.1, 0.15) is 0 Å². The van der Waals surface area contributed by atoms with Crippen molar-refractivity contribution in [2.75, 3.05) is 6.61 Å². The van der Waals surface area contributed by atoms with Gasteiger partial charge in [-0.15, -0.1) is 0 Å². The SMILES string of the molecule is Cc1[nH]n2c(=O)c(CCO)c(C(=O)O)nc2c1-c1ccccc1. The lowest BCUT2D eigenvalue weighted by Gasteiger charge is -2.05. The summed E-state index contributed by atoms with van der Waals surface area (Å²) in [4.78, 5) is 28.2. The molecule has 23 heavy (non-hydrogen) atoms. The molecule has 118 valence electrons. The van der Waals surface area contributed by atoms with E-state index in [4.69, 9.17) is 5.11 Å². The lowest BCUT2D eigenvalue weighted by Crippen LogP contribution is -2.25. The number of fused-ring (bicyclic) bond motifs is 1. The van der Waals surface area contributed by atoms with Gasteiger partial charge in [0, 0.05) is 24.3 Å².